The van der Waals surface area contributed by atoms with Gasteiger partial charge in [0, 0.05) is 11.6 Å². The number of carbonyl (C=O) groups excluding carboxylic acids is 2. The first-order chi connectivity index (χ1) is 10.4. The van der Waals surface area contributed by atoms with E-state index in [1.54, 1.807) is 24.3 Å². The molecular weight excluding hydrogens is 280 g/mol. The van der Waals surface area contributed by atoms with E-state index in [9.17, 15) is 9.59 Å². The summed E-state index contributed by atoms with van der Waals surface area (Å²) in [4.78, 5) is 23.4. The molecule has 5 heteroatoms. The number of ether oxygens (including phenoxy) is 1. The van der Waals surface area contributed by atoms with Gasteiger partial charge in [0.2, 0.25) is 5.91 Å². The first-order valence-electron chi connectivity index (χ1n) is 7.69. The molecule has 22 heavy (non-hydrogen) atoms. The van der Waals surface area contributed by atoms with Crippen molar-refractivity contribution in [2.24, 2.45) is 5.92 Å². The molecule has 1 rings (SSSR count). The molecule has 0 bridgehead atoms. The molecule has 0 radical (unpaired) electrons. The zero-order chi connectivity index (χ0) is 16.5. The molecule has 1 aromatic carbocycles. The molecule has 1 aromatic rings. The van der Waals surface area contributed by atoms with Crippen LogP contribution in [0, 0.1) is 5.92 Å². The number of hydrogen-bond acceptors (Lipinski definition) is 3. The molecule has 0 saturated carbocycles. The van der Waals surface area contributed by atoms with Crippen LogP contribution in [0.3, 0.4) is 0 Å². The molecule has 0 fully saturated rings. The van der Waals surface area contributed by atoms with Gasteiger partial charge in [-0.2, -0.15) is 0 Å². The molecule has 0 unspecified atom stereocenters. The number of carbonyl (C=O) groups is 2. The summed E-state index contributed by atoms with van der Waals surface area (Å²) in [6, 6.07) is 6.99. The van der Waals surface area contributed by atoms with Crippen molar-refractivity contribution in [3.05, 3.63) is 29.8 Å². The minimum Gasteiger partial charge on any atom is -0.494 e. The Hall–Kier alpha value is -2.04. The van der Waals surface area contributed by atoms with Crippen molar-refractivity contribution >= 4 is 11.8 Å². The normalized spacial score (nSPS) is 10.6. The summed E-state index contributed by atoms with van der Waals surface area (Å²) >= 11 is 0. The Balaban J connectivity index is 2.41. The second kappa shape index (κ2) is 9.07. The van der Waals surface area contributed by atoms with Crippen LogP contribution >= 0.6 is 0 Å². The van der Waals surface area contributed by atoms with Crippen molar-refractivity contribution in [3.63, 3.8) is 0 Å². The Labute approximate surface area is 132 Å². The Morgan fingerprint density at radius 1 is 1.09 bits per heavy atom. The number of rotatable bonds is 8. The van der Waals surface area contributed by atoms with Crippen molar-refractivity contribution in [3.8, 4) is 5.75 Å². The van der Waals surface area contributed by atoms with Gasteiger partial charge < -0.3 is 15.4 Å². The number of nitrogens with one attached hydrogen (secondary N) is 2. The van der Waals surface area contributed by atoms with Crippen molar-refractivity contribution < 1.29 is 14.3 Å². The Bertz CT molecular complexity index is 481. The standard InChI is InChI=1S/C17H26N2O3/c1-12(2)9-10-22-15-7-5-14(6-8-15)17(21)18-11-16(20)19-13(3)4/h5-8,12-13H,9-11H2,1-4H3,(H,18,21)(H,19,20). The van der Waals surface area contributed by atoms with Gasteiger partial charge in [0.25, 0.3) is 5.91 Å². The quantitative estimate of drug-likeness (QED) is 0.775. The molecule has 0 atom stereocenters. The summed E-state index contributed by atoms with van der Waals surface area (Å²) in [7, 11) is 0. The predicted molar refractivity (Wildman–Crippen MR) is 87.0 cm³/mol. The SMILES string of the molecule is CC(C)CCOc1ccc(C(=O)NCC(=O)NC(C)C)cc1. The zero-order valence-corrected chi connectivity index (χ0v) is 13.8. The maximum atomic E-state index is 11.9. The van der Waals surface area contributed by atoms with E-state index in [1.165, 1.54) is 0 Å². The van der Waals surface area contributed by atoms with Gasteiger partial charge in [-0.1, -0.05) is 13.8 Å². The summed E-state index contributed by atoms with van der Waals surface area (Å²) in [5, 5.41) is 5.31. The molecule has 0 aromatic heterocycles. The lowest BCUT2D eigenvalue weighted by molar-refractivity contribution is -0.120. The van der Waals surface area contributed by atoms with E-state index < -0.39 is 0 Å². The Morgan fingerprint density at radius 3 is 2.27 bits per heavy atom. The molecular formula is C17H26N2O3. The predicted octanol–water partition coefficient (Wildman–Crippen LogP) is 2.37. The van der Waals surface area contributed by atoms with Gasteiger partial charge >= 0.3 is 0 Å². The molecule has 0 aliphatic heterocycles. The highest BCUT2D eigenvalue weighted by Crippen LogP contribution is 2.13. The third kappa shape index (κ3) is 7.11. The van der Waals surface area contributed by atoms with Crippen molar-refractivity contribution in [1.29, 1.82) is 0 Å². The third-order valence-electron chi connectivity index (χ3n) is 2.94. The van der Waals surface area contributed by atoms with Crippen LogP contribution in [-0.2, 0) is 4.79 Å². The van der Waals surface area contributed by atoms with Crippen LogP contribution in [0.2, 0.25) is 0 Å². The first-order valence-corrected chi connectivity index (χ1v) is 7.69. The maximum absolute atomic E-state index is 11.9. The summed E-state index contributed by atoms with van der Waals surface area (Å²) in [6.45, 7) is 8.68. The minimum absolute atomic E-state index is 0.0242. The van der Waals surface area contributed by atoms with Crippen LogP contribution in [0.1, 0.15) is 44.5 Å². The van der Waals surface area contributed by atoms with Gasteiger partial charge in [-0.15, -0.1) is 0 Å². The van der Waals surface area contributed by atoms with Crippen LogP contribution in [-0.4, -0.2) is 31.0 Å². The monoisotopic (exact) mass is 306 g/mol. The van der Waals surface area contributed by atoms with Crippen molar-refractivity contribution in [2.75, 3.05) is 13.2 Å². The number of amides is 2. The van der Waals surface area contributed by atoms with E-state index in [2.05, 4.69) is 24.5 Å². The lowest BCUT2D eigenvalue weighted by atomic mass is 10.1. The highest BCUT2D eigenvalue weighted by molar-refractivity contribution is 5.96. The highest BCUT2D eigenvalue weighted by atomic mass is 16.5. The van der Waals surface area contributed by atoms with Crippen LogP contribution in [0.4, 0.5) is 0 Å². The molecule has 0 aliphatic carbocycles. The average molecular weight is 306 g/mol. The van der Waals surface area contributed by atoms with Crippen molar-refractivity contribution in [2.45, 2.75) is 40.2 Å². The van der Waals surface area contributed by atoms with E-state index in [0.717, 1.165) is 12.2 Å². The van der Waals surface area contributed by atoms with E-state index >= 15 is 0 Å². The van der Waals surface area contributed by atoms with Crippen molar-refractivity contribution in [1.82, 2.24) is 10.6 Å². The molecule has 0 spiro atoms. The van der Waals surface area contributed by atoms with Gasteiger partial charge in [-0.3, -0.25) is 9.59 Å². The Kier molecular flexibility index (Phi) is 7.43. The van der Waals surface area contributed by atoms with E-state index in [0.29, 0.717) is 18.1 Å². The van der Waals surface area contributed by atoms with Crippen LogP contribution < -0.4 is 15.4 Å². The molecule has 0 heterocycles. The summed E-state index contributed by atoms with van der Waals surface area (Å²) in [5.74, 6) is 0.876. The number of benzene rings is 1. The lowest BCUT2D eigenvalue weighted by Gasteiger charge is -2.10. The zero-order valence-electron chi connectivity index (χ0n) is 13.8. The summed E-state index contributed by atoms with van der Waals surface area (Å²) in [5.41, 5.74) is 0.508. The second-order valence-corrected chi connectivity index (χ2v) is 5.96. The van der Waals surface area contributed by atoms with Crippen LogP contribution in [0.25, 0.3) is 0 Å². The molecule has 2 N–H and O–H groups in total. The second-order valence-electron chi connectivity index (χ2n) is 5.96. The van der Waals surface area contributed by atoms with Crippen LogP contribution in [0.5, 0.6) is 5.75 Å². The summed E-state index contributed by atoms with van der Waals surface area (Å²) < 4.78 is 5.60. The highest BCUT2D eigenvalue weighted by Gasteiger charge is 2.08. The van der Waals surface area contributed by atoms with Gasteiger partial charge in [0.05, 0.1) is 13.2 Å². The smallest absolute Gasteiger partial charge is 0.251 e. The average Bonchev–Trinajstić information content (AvgIpc) is 2.44. The van der Waals surface area contributed by atoms with Gasteiger partial charge in [-0.05, 0) is 50.5 Å². The molecule has 0 saturated heterocycles. The fourth-order valence-corrected chi connectivity index (χ4v) is 1.75. The fraction of sp³-hybridized carbons (Fsp3) is 0.529. The first kappa shape index (κ1) is 18.0. The Morgan fingerprint density at radius 2 is 1.73 bits per heavy atom. The van der Waals surface area contributed by atoms with Crippen LogP contribution in [0.15, 0.2) is 24.3 Å². The minimum atomic E-state index is -0.271. The van der Waals surface area contributed by atoms with E-state index in [1.807, 2.05) is 13.8 Å². The largest absolute Gasteiger partial charge is 0.494 e. The topological polar surface area (TPSA) is 67.4 Å². The summed E-state index contributed by atoms with van der Waals surface area (Å²) in [6.07, 6.45) is 0.993. The van der Waals surface area contributed by atoms with Gasteiger partial charge in [0.1, 0.15) is 5.75 Å². The molecule has 5 nitrogen and oxygen atoms in total. The maximum Gasteiger partial charge on any atom is 0.251 e. The number of hydrogen-bond donors (Lipinski definition) is 2. The molecule has 0 aliphatic rings. The lowest BCUT2D eigenvalue weighted by Crippen LogP contribution is -2.39. The molecule has 122 valence electrons. The van der Waals surface area contributed by atoms with Gasteiger partial charge in [0.15, 0.2) is 0 Å². The third-order valence-corrected chi connectivity index (χ3v) is 2.94. The fourth-order valence-electron chi connectivity index (χ4n) is 1.75. The molecule has 2 amide bonds. The van der Waals surface area contributed by atoms with Gasteiger partial charge in [-0.25, -0.2) is 0 Å². The van der Waals surface area contributed by atoms with E-state index in [-0.39, 0.29) is 24.4 Å². The van der Waals surface area contributed by atoms with E-state index in [4.69, 9.17) is 4.74 Å².